The van der Waals surface area contributed by atoms with Crippen molar-refractivity contribution in [2.24, 2.45) is 0 Å². The van der Waals surface area contributed by atoms with Gasteiger partial charge in [0, 0.05) is 39.3 Å². The smallest absolute Gasteiger partial charge is 0.317 e. The van der Waals surface area contributed by atoms with E-state index < -0.39 is 6.10 Å². The fourth-order valence-corrected chi connectivity index (χ4v) is 3.49. The summed E-state index contributed by atoms with van der Waals surface area (Å²) in [6.45, 7) is 4.46. The van der Waals surface area contributed by atoms with Crippen molar-refractivity contribution in [3.8, 4) is 0 Å². The first-order valence-electron chi connectivity index (χ1n) is 8.72. The lowest BCUT2D eigenvalue weighted by atomic mass is 10.00. The predicted octanol–water partition coefficient (Wildman–Crippen LogP) is 1.60. The molecule has 2 heterocycles. The molecule has 1 aromatic rings. The molecule has 1 atom stereocenters. The third kappa shape index (κ3) is 4.45. The molecule has 2 aliphatic heterocycles. The summed E-state index contributed by atoms with van der Waals surface area (Å²) in [4.78, 5) is 16.2. The minimum absolute atomic E-state index is 0.0345. The van der Waals surface area contributed by atoms with E-state index in [1.807, 2.05) is 4.90 Å². The molecular weight excluding hydrogens is 290 g/mol. The molecule has 0 saturated carbocycles. The number of benzene rings is 1. The summed E-state index contributed by atoms with van der Waals surface area (Å²) >= 11 is 0. The van der Waals surface area contributed by atoms with Crippen LogP contribution in [-0.2, 0) is 13.0 Å². The van der Waals surface area contributed by atoms with Crippen molar-refractivity contribution in [1.29, 1.82) is 0 Å². The zero-order chi connectivity index (χ0) is 16.1. The summed E-state index contributed by atoms with van der Waals surface area (Å²) in [5.41, 5.74) is 2.76. The Morgan fingerprint density at radius 2 is 1.87 bits per heavy atom. The minimum atomic E-state index is -0.519. The van der Waals surface area contributed by atoms with Crippen LogP contribution in [0.25, 0.3) is 0 Å². The highest BCUT2D eigenvalue weighted by molar-refractivity contribution is 5.74. The van der Waals surface area contributed by atoms with Crippen molar-refractivity contribution in [3.05, 3.63) is 35.4 Å². The first-order chi connectivity index (χ1) is 11.2. The molecule has 0 aliphatic carbocycles. The van der Waals surface area contributed by atoms with Crippen LogP contribution in [0.2, 0.25) is 0 Å². The number of rotatable bonds is 4. The predicted molar refractivity (Wildman–Crippen MR) is 90.3 cm³/mol. The van der Waals surface area contributed by atoms with Gasteiger partial charge in [-0.1, -0.05) is 24.3 Å². The Morgan fingerprint density at radius 1 is 1.13 bits per heavy atom. The number of hydrogen-bond donors (Lipinski definition) is 2. The van der Waals surface area contributed by atoms with Gasteiger partial charge in [0.05, 0.1) is 6.10 Å². The third-order valence-corrected chi connectivity index (χ3v) is 4.81. The molecule has 1 saturated heterocycles. The number of amides is 2. The van der Waals surface area contributed by atoms with E-state index in [2.05, 4.69) is 34.5 Å². The SMILES string of the molecule is O=C(NCC(O)CN1CCc2ccccc2C1)N1CCCCC1. The number of urea groups is 1. The number of aliphatic hydroxyl groups is 1. The van der Waals surface area contributed by atoms with Crippen molar-refractivity contribution in [2.45, 2.75) is 38.3 Å². The molecule has 2 N–H and O–H groups in total. The van der Waals surface area contributed by atoms with Gasteiger partial charge in [0.25, 0.3) is 0 Å². The van der Waals surface area contributed by atoms with Crippen LogP contribution >= 0.6 is 0 Å². The van der Waals surface area contributed by atoms with E-state index in [1.165, 1.54) is 17.5 Å². The molecule has 5 nitrogen and oxygen atoms in total. The molecule has 23 heavy (non-hydrogen) atoms. The van der Waals surface area contributed by atoms with Gasteiger partial charge in [-0.3, -0.25) is 4.90 Å². The largest absolute Gasteiger partial charge is 0.390 e. The Hall–Kier alpha value is -1.59. The summed E-state index contributed by atoms with van der Waals surface area (Å²) in [6, 6.07) is 8.46. The first-order valence-corrected chi connectivity index (χ1v) is 8.72. The van der Waals surface area contributed by atoms with Crippen molar-refractivity contribution < 1.29 is 9.90 Å². The second-order valence-electron chi connectivity index (χ2n) is 6.64. The molecule has 126 valence electrons. The van der Waals surface area contributed by atoms with Crippen LogP contribution in [0.3, 0.4) is 0 Å². The first kappa shape index (κ1) is 16.3. The van der Waals surface area contributed by atoms with Crippen LogP contribution in [0.4, 0.5) is 4.79 Å². The second-order valence-corrected chi connectivity index (χ2v) is 6.64. The van der Waals surface area contributed by atoms with Gasteiger partial charge in [0.15, 0.2) is 0 Å². The summed E-state index contributed by atoms with van der Waals surface area (Å²) in [7, 11) is 0. The highest BCUT2D eigenvalue weighted by atomic mass is 16.3. The molecule has 0 radical (unpaired) electrons. The molecule has 0 aromatic heterocycles. The Kier molecular flexibility index (Phi) is 5.51. The van der Waals surface area contributed by atoms with E-state index >= 15 is 0 Å². The van der Waals surface area contributed by atoms with E-state index in [0.29, 0.717) is 13.1 Å². The lowest BCUT2D eigenvalue weighted by molar-refractivity contribution is 0.103. The molecule has 5 heteroatoms. The lowest BCUT2D eigenvalue weighted by Crippen LogP contribution is -2.47. The van der Waals surface area contributed by atoms with Crippen LogP contribution in [-0.4, -0.2) is 59.8 Å². The second kappa shape index (κ2) is 7.79. The molecular formula is C18H27N3O2. The molecule has 1 aromatic carbocycles. The van der Waals surface area contributed by atoms with E-state index in [1.54, 1.807) is 0 Å². The molecule has 0 bridgehead atoms. The number of piperidine rings is 1. The monoisotopic (exact) mass is 317 g/mol. The van der Waals surface area contributed by atoms with Crippen molar-refractivity contribution in [1.82, 2.24) is 15.1 Å². The van der Waals surface area contributed by atoms with Gasteiger partial charge in [-0.05, 0) is 36.8 Å². The molecule has 3 rings (SSSR count). The third-order valence-electron chi connectivity index (χ3n) is 4.81. The number of aliphatic hydroxyl groups excluding tert-OH is 1. The van der Waals surface area contributed by atoms with Gasteiger partial charge in [0.2, 0.25) is 0 Å². The van der Waals surface area contributed by atoms with Crippen molar-refractivity contribution in [2.75, 3.05) is 32.7 Å². The zero-order valence-corrected chi connectivity index (χ0v) is 13.7. The highest BCUT2D eigenvalue weighted by Crippen LogP contribution is 2.18. The number of carbonyl (C=O) groups excluding carboxylic acids is 1. The maximum absolute atomic E-state index is 12.0. The molecule has 1 unspecified atom stereocenters. The van der Waals surface area contributed by atoms with Gasteiger partial charge in [0.1, 0.15) is 0 Å². The van der Waals surface area contributed by atoms with E-state index in [0.717, 1.165) is 45.4 Å². The van der Waals surface area contributed by atoms with Gasteiger partial charge >= 0.3 is 6.03 Å². The van der Waals surface area contributed by atoms with Gasteiger partial charge in [-0.15, -0.1) is 0 Å². The summed E-state index contributed by atoms with van der Waals surface area (Å²) in [5, 5.41) is 13.1. The number of nitrogens with one attached hydrogen (secondary N) is 1. The average molecular weight is 317 g/mol. The van der Waals surface area contributed by atoms with Crippen molar-refractivity contribution in [3.63, 3.8) is 0 Å². The molecule has 1 fully saturated rings. The number of nitrogens with zero attached hydrogens (tertiary/aromatic N) is 2. The zero-order valence-electron chi connectivity index (χ0n) is 13.7. The van der Waals surface area contributed by atoms with E-state index in [4.69, 9.17) is 0 Å². The molecule has 2 aliphatic rings. The van der Waals surface area contributed by atoms with Crippen LogP contribution in [0.1, 0.15) is 30.4 Å². The molecule has 0 spiro atoms. The Bertz CT molecular complexity index is 529. The van der Waals surface area contributed by atoms with Gasteiger partial charge < -0.3 is 15.3 Å². The lowest BCUT2D eigenvalue weighted by Gasteiger charge is -2.31. The number of β-amino-alcohol motifs (C(OH)–C–C–N with tert-alkyl or cyclic N) is 1. The Morgan fingerprint density at radius 3 is 2.65 bits per heavy atom. The standard InChI is InChI=1S/C18H27N3O2/c22-17(12-19-18(23)21-9-4-1-5-10-21)14-20-11-8-15-6-2-3-7-16(15)13-20/h2-3,6-7,17,22H,1,4-5,8-14H2,(H,19,23). The van der Waals surface area contributed by atoms with Crippen LogP contribution in [0.15, 0.2) is 24.3 Å². The quantitative estimate of drug-likeness (QED) is 0.887. The summed E-state index contributed by atoms with van der Waals surface area (Å²) in [6.07, 6.45) is 3.90. The van der Waals surface area contributed by atoms with Crippen molar-refractivity contribution >= 4 is 6.03 Å². The van der Waals surface area contributed by atoms with E-state index in [-0.39, 0.29) is 6.03 Å². The van der Waals surface area contributed by atoms with E-state index in [9.17, 15) is 9.90 Å². The average Bonchev–Trinajstić information content (AvgIpc) is 2.60. The normalized spacial score (nSPS) is 20.0. The fraction of sp³-hybridized carbons (Fsp3) is 0.611. The summed E-state index contributed by atoms with van der Waals surface area (Å²) in [5.74, 6) is 0. The maximum atomic E-state index is 12.0. The van der Waals surface area contributed by atoms with Crippen LogP contribution in [0.5, 0.6) is 0 Å². The van der Waals surface area contributed by atoms with Crippen LogP contribution < -0.4 is 5.32 Å². The maximum Gasteiger partial charge on any atom is 0.317 e. The number of fused-ring (bicyclic) bond motifs is 1. The fourth-order valence-electron chi connectivity index (χ4n) is 3.49. The number of carbonyl (C=O) groups is 1. The minimum Gasteiger partial charge on any atom is -0.390 e. The van der Waals surface area contributed by atoms with Gasteiger partial charge in [-0.2, -0.15) is 0 Å². The Balaban J connectivity index is 1.41. The summed E-state index contributed by atoms with van der Waals surface area (Å²) < 4.78 is 0. The van der Waals surface area contributed by atoms with Gasteiger partial charge in [-0.25, -0.2) is 4.79 Å². The topological polar surface area (TPSA) is 55.8 Å². The Labute approximate surface area is 138 Å². The highest BCUT2D eigenvalue weighted by Gasteiger charge is 2.20. The molecule has 2 amide bonds. The van der Waals surface area contributed by atoms with Crippen LogP contribution in [0, 0.1) is 0 Å². The number of likely N-dealkylation sites (tertiary alicyclic amines) is 1. The number of hydrogen-bond acceptors (Lipinski definition) is 3.